The lowest BCUT2D eigenvalue weighted by Gasteiger charge is -2.24. The summed E-state index contributed by atoms with van der Waals surface area (Å²) in [4.78, 5) is 13.2. The summed E-state index contributed by atoms with van der Waals surface area (Å²) in [5.41, 5.74) is 2.83. The van der Waals surface area contributed by atoms with Crippen molar-refractivity contribution in [1.82, 2.24) is 0 Å². The van der Waals surface area contributed by atoms with Crippen LogP contribution in [0.2, 0.25) is 0 Å². The van der Waals surface area contributed by atoms with E-state index < -0.39 is 0 Å². The molecule has 1 aliphatic rings. The topological polar surface area (TPSA) is 29.1 Å². The average Bonchev–Trinajstić information content (AvgIpc) is 3.01. The number of fused-ring (bicyclic) bond motifs is 1. The number of carbonyl (C=O) groups is 1. The number of anilines is 1. The highest BCUT2D eigenvalue weighted by molar-refractivity contribution is 9.10. The van der Waals surface area contributed by atoms with Crippen molar-refractivity contribution < 1.29 is 13.6 Å². The van der Waals surface area contributed by atoms with Gasteiger partial charge in [0.25, 0.3) is 0 Å². The SMILES string of the molecule is O=C1CC(c2cc(Br)ccc2F)c2scc(-c3ccc(F)cc3)c2N1. The lowest BCUT2D eigenvalue weighted by atomic mass is 9.89. The smallest absolute Gasteiger partial charge is 0.225 e. The Bertz CT molecular complexity index is 968. The summed E-state index contributed by atoms with van der Waals surface area (Å²) in [7, 11) is 0. The van der Waals surface area contributed by atoms with E-state index in [1.54, 1.807) is 24.3 Å². The third kappa shape index (κ3) is 3.00. The van der Waals surface area contributed by atoms with E-state index in [-0.39, 0.29) is 29.9 Å². The molecule has 6 heteroatoms. The monoisotopic (exact) mass is 419 g/mol. The predicted octanol–water partition coefficient (Wildman–Crippen LogP) is 5.93. The van der Waals surface area contributed by atoms with Gasteiger partial charge in [-0.15, -0.1) is 11.3 Å². The lowest BCUT2D eigenvalue weighted by Crippen LogP contribution is -2.23. The molecule has 1 amide bonds. The Labute approximate surface area is 155 Å². The van der Waals surface area contributed by atoms with E-state index in [9.17, 15) is 13.6 Å². The first-order chi connectivity index (χ1) is 12.0. The second-order valence-electron chi connectivity index (χ2n) is 5.87. The molecule has 1 atom stereocenters. The fourth-order valence-electron chi connectivity index (χ4n) is 3.10. The van der Waals surface area contributed by atoms with Gasteiger partial charge in [0.05, 0.1) is 5.69 Å². The molecular weight excluding hydrogens is 408 g/mol. The molecular formula is C19H12BrF2NOS. The Hall–Kier alpha value is -2.05. The molecule has 2 heterocycles. The van der Waals surface area contributed by atoms with Crippen molar-refractivity contribution in [3.8, 4) is 11.1 Å². The van der Waals surface area contributed by atoms with E-state index >= 15 is 0 Å². The highest BCUT2D eigenvalue weighted by atomic mass is 79.9. The van der Waals surface area contributed by atoms with Crippen molar-refractivity contribution in [2.75, 3.05) is 5.32 Å². The third-order valence-electron chi connectivity index (χ3n) is 4.28. The number of benzene rings is 2. The van der Waals surface area contributed by atoms with Crippen LogP contribution in [0, 0.1) is 11.6 Å². The Morgan fingerprint density at radius 3 is 2.64 bits per heavy atom. The summed E-state index contributed by atoms with van der Waals surface area (Å²) in [6.07, 6.45) is 0.198. The van der Waals surface area contributed by atoms with E-state index in [1.165, 1.54) is 29.5 Å². The Morgan fingerprint density at radius 1 is 1.12 bits per heavy atom. The van der Waals surface area contributed by atoms with Crippen LogP contribution in [-0.2, 0) is 4.79 Å². The van der Waals surface area contributed by atoms with Gasteiger partial charge >= 0.3 is 0 Å². The number of halogens is 3. The predicted molar refractivity (Wildman–Crippen MR) is 98.9 cm³/mol. The number of amides is 1. The zero-order valence-electron chi connectivity index (χ0n) is 12.9. The van der Waals surface area contributed by atoms with Gasteiger partial charge in [-0.25, -0.2) is 8.78 Å². The maximum atomic E-state index is 14.4. The normalized spacial score (nSPS) is 16.4. The van der Waals surface area contributed by atoms with Crippen LogP contribution in [0.5, 0.6) is 0 Å². The number of nitrogens with one attached hydrogen (secondary N) is 1. The van der Waals surface area contributed by atoms with Gasteiger partial charge in [-0.05, 0) is 41.5 Å². The van der Waals surface area contributed by atoms with Crippen LogP contribution >= 0.6 is 27.3 Å². The standard InChI is InChI=1S/C19H12BrF2NOS/c20-11-3-6-16(22)13(7-11)14-8-17(24)23-18-15(9-25-19(14)18)10-1-4-12(21)5-2-10/h1-7,9,14H,8H2,(H,23,24). The molecule has 0 fully saturated rings. The largest absolute Gasteiger partial charge is 0.325 e. The minimum atomic E-state index is -0.333. The zero-order chi connectivity index (χ0) is 17.6. The minimum Gasteiger partial charge on any atom is -0.325 e. The third-order valence-corrected chi connectivity index (χ3v) is 5.87. The van der Waals surface area contributed by atoms with Crippen LogP contribution in [0.15, 0.2) is 52.3 Å². The van der Waals surface area contributed by atoms with Crippen LogP contribution in [0.1, 0.15) is 22.8 Å². The summed E-state index contributed by atoms with van der Waals surface area (Å²) in [6.45, 7) is 0. The molecule has 0 radical (unpaired) electrons. The van der Waals surface area contributed by atoms with Crippen LogP contribution in [0.4, 0.5) is 14.5 Å². The van der Waals surface area contributed by atoms with Crippen molar-refractivity contribution in [3.63, 3.8) is 0 Å². The van der Waals surface area contributed by atoms with Crippen LogP contribution in [-0.4, -0.2) is 5.91 Å². The van der Waals surface area contributed by atoms with E-state index in [1.807, 2.05) is 5.38 Å². The summed E-state index contributed by atoms with van der Waals surface area (Å²) in [5, 5.41) is 4.82. The van der Waals surface area contributed by atoms with Gasteiger partial charge < -0.3 is 5.32 Å². The van der Waals surface area contributed by atoms with Gasteiger partial charge in [-0.2, -0.15) is 0 Å². The Morgan fingerprint density at radius 2 is 1.88 bits per heavy atom. The molecule has 1 N–H and O–H groups in total. The molecule has 4 rings (SSSR count). The molecule has 3 aromatic rings. The van der Waals surface area contributed by atoms with Gasteiger partial charge in [-0.1, -0.05) is 28.1 Å². The van der Waals surface area contributed by atoms with Crippen LogP contribution in [0.25, 0.3) is 11.1 Å². The first kappa shape index (κ1) is 16.4. The lowest BCUT2D eigenvalue weighted by molar-refractivity contribution is -0.116. The van der Waals surface area contributed by atoms with Gasteiger partial charge in [-0.3, -0.25) is 4.79 Å². The molecule has 0 saturated heterocycles. The number of carbonyl (C=O) groups excluding carboxylic acids is 1. The van der Waals surface area contributed by atoms with Crippen LogP contribution < -0.4 is 5.32 Å². The molecule has 2 nitrogen and oxygen atoms in total. The molecule has 1 aromatic heterocycles. The van der Waals surface area contributed by atoms with E-state index in [4.69, 9.17) is 0 Å². The molecule has 0 bridgehead atoms. The van der Waals surface area contributed by atoms with Gasteiger partial charge in [0.15, 0.2) is 0 Å². The van der Waals surface area contributed by atoms with E-state index in [0.717, 1.165) is 20.5 Å². The van der Waals surface area contributed by atoms with Gasteiger partial charge in [0.2, 0.25) is 5.91 Å². The van der Waals surface area contributed by atoms with Gasteiger partial charge in [0.1, 0.15) is 11.6 Å². The van der Waals surface area contributed by atoms with Crippen molar-refractivity contribution >= 4 is 38.9 Å². The number of hydrogen-bond donors (Lipinski definition) is 1. The number of rotatable bonds is 2. The summed E-state index contributed by atoms with van der Waals surface area (Å²) < 4.78 is 28.3. The molecule has 1 aliphatic heterocycles. The molecule has 2 aromatic carbocycles. The molecule has 0 spiro atoms. The quantitative estimate of drug-likeness (QED) is 0.547. The fourth-order valence-corrected chi connectivity index (χ4v) is 4.63. The van der Waals surface area contributed by atoms with Crippen molar-refractivity contribution in [2.24, 2.45) is 0 Å². The molecule has 0 aliphatic carbocycles. The minimum absolute atomic E-state index is 0.154. The van der Waals surface area contributed by atoms with E-state index in [2.05, 4.69) is 21.2 Å². The first-order valence-electron chi connectivity index (χ1n) is 7.65. The summed E-state index contributed by atoms with van der Waals surface area (Å²) in [5.74, 6) is -1.13. The number of thiophene rings is 1. The molecule has 25 heavy (non-hydrogen) atoms. The molecule has 126 valence electrons. The van der Waals surface area contributed by atoms with Crippen molar-refractivity contribution in [3.05, 3.63) is 74.4 Å². The summed E-state index contributed by atoms with van der Waals surface area (Å²) in [6, 6.07) is 10.9. The average molecular weight is 420 g/mol. The highest BCUT2D eigenvalue weighted by Gasteiger charge is 2.32. The van der Waals surface area contributed by atoms with Crippen molar-refractivity contribution in [1.29, 1.82) is 0 Å². The van der Waals surface area contributed by atoms with Crippen LogP contribution in [0.3, 0.4) is 0 Å². The molecule has 1 unspecified atom stereocenters. The van der Waals surface area contributed by atoms with Crippen molar-refractivity contribution in [2.45, 2.75) is 12.3 Å². The first-order valence-corrected chi connectivity index (χ1v) is 9.32. The number of hydrogen-bond acceptors (Lipinski definition) is 2. The second kappa shape index (κ2) is 6.35. The zero-order valence-corrected chi connectivity index (χ0v) is 15.3. The Balaban J connectivity index is 1.84. The second-order valence-corrected chi connectivity index (χ2v) is 7.69. The maximum absolute atomic E-state index is 14.4. The summed E-state index contributed by atoms with van der Waals surface area (Å²) >= 11 is 4.85. The van der Waals surface area contributed by atoms with Gasteiger partial charge in [0, 0.05) is 32.6 Å². The Kier molecular flexibility index (Phi) is 4.17. The molecule has 0 saturated carbocycles. The fraction of sp³-hybridized carbons (Fsp3) is 0.105. The maximum Gasteiger partial charge on any atom is 0.225 e. The van der Waals surface area contributed by atoms with E-state index in [0.29, 0.717) is 11.3 Å². The highest BCUT2D eigenvalue weighted by Crippen LogP contribution is 2.47.